The van der Waals surface area contributed by atoms with E-state index in [1.165, 1.54) is 7.11 Å². The summed E-state index contributed by atoms with van der Waals surface area (Å²) in [6, 6.07) is 13.4. The van der Waals surface area contributed by atoms with Crippen LogP contribution in [0.15, 0.2) is 48.5 Å². The second-order valence-electron chi connectivity index (χ2n) is 8.18. The fraction of sp³-hybridized carbons (Fsp3) is 0.280. The van der Waals surface area contributed by atoms with Crippen molar-refractivity contribution in [3.63, 3.8) is 0 Å². The average Bonchev–Trinajstić information content (AvgIpc) is 3.10. The topological polar surface area (TPSA) is 112 Å². The number of nitrogens with zero attached hydrogens (tertiary/aromatic N) is 2. The van der Waals surface area contributed by atoms with Crippen LogP contribution in [0.4, 0.5) is 11.4 Å². The number of hydrogen-bond donors (Lipinski definition) is 2. The molecule has 3 aromatic rings. The third kappa shape index (κ3) is 6.60. The number of benzene rings is 2. The van der Waals surface area contributed by atoms with Crippen LogP contribution in [-0.2, 0) is 16.1 Å². The maximum atomic E-state index is 12.5. The SMILES string of the molecule is COc1ccccc1NC(=O)c1ccc(NC(=O)COC(=O)c2c(C)nn(CC(C)C)c2Cl)cc1. The predicted molar refractivity (Wildman–Crippen MR) is 133 cm³/mol. The first-order chi connectivity index (χ1) is 16.7. The summed E-state index contributed by atoms with van der Waals surface area (Å²) in [5, 5.41) is 9.85. The van der Waals surface area contributed by atoms with E-state index in [4.69, 9.17) is 21.1 Å². The van der Waals surface area contributed by atoms with Gasteiger partial charge < -0.3 is 20.1 Å². The molecule has 9 nitrogen and oxygen atoms in total. The molecule has 0 aliphatic rings. The number of esters is 1. The lowest BCUT2D eigenvalue weighted by Crippen LogP contribution is -2.21. The minimum absolute atomic E-state index is 0.144. The number of nitrogens with one attached hydrogen (secondary N) is 2. The van der Waals surface area contributed by atoms with Gasteiger partial charge >= 0.3 is 5.97 Å². The summed E-state index contributed by atoms with van der Waals surface area (Å²) >= 11 is 6.28. The molecule has 0 saturated carbocycles. The van der Waals surface area contributed by atoms with Crippen LogP contribution in [0.3, 0.4) is 0 Å². The number of methoxy groups -OCH3 is 1. The molecule has 0 radical (unpaired) electrons. The maximum Gasteiger partial charge on any atom is 0.343 e. The van der Waals surface area contributed by atoms with Gasteiger partial charge in [-0.2, -0.15) is 5.10 Å². The van der Waals surface area contributed by atoms with Gasteiger partial charge in [0.2, 0.25) is 0 Å². The van der Waals surface area contributed by atoms with Gasteiger partial charge in [0.15, 0.2) is 6.61 Å². The van der Waals surface area contributed by atoms with E-state index in [1.54, 1.807) is 60.1 Å². The Hall–Kier alpha value is -3.85. The molecule has 0 bridgehead atoms. The van der Waals surface area contributed by atoms with Crippen molar-refractivity contribution in [2.75, 3.05) is 24.4 Å². The number of anilines is 2. The summed E-state index contributed by atoms with van der Waals surface area (Å²) in [5.74, 6) is -0.747. The monoisotopic (exact) mass is 498 g/mol. The Balaban J connectivity index is 1.55. The van der Waals surface area contributed by atoms with Gasteiger partial charge in [0.05, 0.1) is 18.5 Å². The van der Waals surface area contributed by atoms with Crippen LogP contribution in [0.1, 0.15) is 40.3 Å². The molecule has 0 spiro atoms. The van der Waals surface area contributed by atoms with Crippen molar-refractivity contribution in [1.29, 1.82) is 0 Å². The zero-order valence-electron chi connectivity index (χ0n) is 19.9. The Bertz CT molecular complexity index is 1220. The quantitative estimate of drug-likeness (QED) is 0.418. The van der Waals surface area contributed by atoms with Gasteiger partial charge in [-0.3, -0.25) is 14.3 Å². The number of halogens is 1. The Kier molecular flexibility index (Phi) is 8.48. The van der Waals surface area contributed by atoms with Crippen LogP contribution in [-0.4, -0.2) is 41.3 Å². The molecule has 10 heteroatoms. The number of ether oxygens (including phenoxy) is 2. The summed E-state index contributed by atoms with van der Waals surface area (Å²) in [6.07, 6.45) is 0. The van der Waals surface area contributed by atoms with Gasteiger partial charge in [-0.25, -0.2) is 4.79 Å². The molecule has 2 amide bonds. The van der Waals surface area contributed by atoms with Crippen molar-refractivity contribution >= 4 is 40.8 Å². The third-order valence-electron chi connectivity index (χ3n) is 4.93. The number of aromatic nitrogens is 2. The van der Waals surface area contributed by atoms with E-state index in [-0.39, 0.29) is 16.6 Å². The van der Waals surface area contributed by atoms with Crippen molar-refractivity contribution < 1.29 is 23.9 Å². The highest BCUT2D eigenvalue weighted by atomic mass is 35.5. The van der Waals surface area contributed by atoms with Crippen LogP contribution in [0.25, 0.3) is 0 Å². The van der Waals surface area contributed by atoms with E-state index in [2.05, 4.69) is 15.7 Å². The lowest BCUT2D eigenvalue weighted by atomic mass is 10.2. The number of amides is 2. The summed E-state index contributed by atoms with van der Waals surface area (Å²) in [7, 11) is 1.52. The number of hydrogen-bond acceptors (Lipinski definition) is 6. The molecule has 2 aromatic carbocycles. The normalized spacial score (nSPS) is 10.7. The largest absolute Gasteiger partial charge is 0.495 e. The lowest BCUT2D eigenvalue weighted by molar-refractivity contribution is -0.119. The highest BCUT2D eigenvalue weighted by molar-refractivity contribution is 6.32. The molecule has 0 aliphatic heterocycles. The van der Waals surface area contributed by atoms with E-state index in [0.717, 1.165) is 0 Å². The Morgan fingerprint density at radius 3 is 2.40 bits per heavy atom. The lowest BCUT2D eigenvalue weighted by Gasteiger charge is -2.10. The van der Waals surface area contributed by atoms with Gasteiger partial charge in [0.1, 0.15) is 16.5 Å². The van der Waals surface area contributed by atoms with E-state index < -0.39 is 18.5 Å². The third-order valence-corrected chi connectivity index (χ3v) is 5.31. The molecule has 2 N–H and O–H groups in total. The second-order valence-corrected chi connectivity index (χ2v) is 8.54. The molecule has 1 aromatic heterocycles. The van der Waals surface area contributed by atoms with Crippen molar-refractivity contribution in [2.24, 2.45) is 5.92 Å². The predicted octanol–water partition coefficient (Wildman–Crippen LogP) is 4.56. The first-order valence-electron chi connectivity index (χ1n) is 10.9. The molecular weight excluding hydrogens is 472 g/mol. The molecule has 3 rings (SSSR count). The van der Waals surface area contributed by atoms with E-state index >= 15 is 0 Å². The Labute approximate surface area is 208 Å². The smallest absolute Gasteiger partial charge is 0.343 e. The molecule has 0 fully saturated rings. The number of para-hydroxylation sites is 2. The first-order valence-corrected chi connectivity index (χ1v) is 11.3. The van der Waals surface area contributed by atoms with Crippen LogP contribution in [0.2, 0.25) is 5.15 Å². The molecule has 1 heterocycles. The van der Waals surface area contributed by atoms with Crippen molar-refractivity contribution in [2.45, 2.75) is 27.3 Å². The molecule has 0 saturated heterocycles. The van der Waals surface area contributed by atoms with Crippen molar-refractivity contribution in [3.05, 3.63) is 70.5 Å². The summed E-state index contributed by atoms with van der Waals surface area (Å²) < 4.78 is 11.9. The average molecular weight is 499 g/mol. The van der Waals surface area contributed by atoms with Crippen LogP contribution >= 0.6 is 11.6 Å². The van der Waals surface area contributed by atoms with E-state index in [1.807, 2.05) is 13.8 Å². The minimum Gasteiger partial charge on any atom is -0.495 e. The molecule has 0 atom stereocenters. The van der Waals surface area contributed by atoms with E-state index in [9.17, 15) is 14.4 Å². The highest BCUT2D eigenvalue weighted by Gasteiger charge is 2.23. The second kappa shape index (κ2) is 11.5. The Morgan fingerprint density at radius 2 is 1.74 bits per heavy atom. The van der Waals surface area contributed by atoms with Crippen molar-refractivity contribution in [3.8, 4) is 5.75 Å². The molecule has 184 valence electrons. The van der Waals surface area contributed by atoms with Crippen LogP contribution in [0, 0.1) is 12.8 Å². The van der Waals surface area contributed by atoms with Crippen LogP contribution < -0.4 is 15.4 Å². The Morgan fingerprint density at radius 1 is 1.06 bits per heavy atom. The standard InChI is InChI=1S/C25H27ClN4O5/c1-15(2)13-30-23(26)22(16(3)29-30)25(33)35-14-21(31)27-18-11-9-17(10-12-18)24(32)28-19-7-5-6-8-20(19)34-4/h5-12,15H,13-14H2,1-4H3,(H,27,31)(H,28,32). The number of carbonyl (C=O) groups excluding carboxylic acids is 3. The number of aryl methyl sites for hydroxylation is 1. The van der Waals surface area contributed by atoms with Crippen LogP contribution in [0.5, 0.6) is 5.75 Å². The van der Waals surface area contributed by atoms with Gasteiger partial charge in [-0.15, -0.1) is 0 Å². The zero-order chi connectivity index (χ0) is 25.5. The molecule has 35 heavy (non-hydrogen) atoms. The fourth-order valence-corrected chi connectivity index (χ4v) is 3.62. The molecular formula is C25H27ClN4O5. The summed E-state index contributed by atoms with van der Waals surface area (Å²) in [4.78, 5) is 37.2. The van der Waals surface area contributed by atoms with Gasteiger partial charge in [0, 0.05) is 17.8 Å². The van der Waals surface area contributed by atoms with Crippen molar-refractivity contribution in [1.82, 2.24) is 9.78 Å². The molecule has 0 unspecified atom stereocenters. The van der Waals surface area contributed by atoms with E-state index in [0.29, 0.717) is 40.8 Å². The first kappa shape index (κ1) is 25.8. The van der Waals surface area contributed by atoms with Gasteiger partial charge in [0.25, 0.3) is 11.8 Å². The van der Waals surface area contributed by atoms with Gasteiger partial charge in [-0.05, 0) is 49.2 Å². The summed E-state index contributed by atoms with van der Waals surface area (Å²) in [6.45, 7) is 5.73. The van der Waals surface area contributed by atoms with Gasteiger partial charge in [-0.1, -0.05) is 37.6 Å². The minimum atomic E-state index is -0.721. The number of carbonyl (C=O) groups is 3. The number of rotatable bonds is 9. The summed E-state index contributed by atoms with van der Waals surface area (Å²) in [5.41, 5.74) is 1.96. The zero-order valence-corrected chi connectivity index (χ0v) is 20.7. The highest BCUT2D eigenvalue weighted by Crippen LogP contribution is 2.24. The molecule has 0 aliphatic carbocycles. The fourth-order valence-electron chi connectivity index (χ4n) is 3.30. The maximum absolute atomic E-state index is 12.5.